The maximum Gasteiger partial charge on any atom is 0.354 e. The summed E-state index contributed by atoms with van der Waals surface area (Å²) in [4.78, 5) is 15.4. The van der Waals surface area contributed by atoms with Gasteiger partial charge in [0.25, 0.3) is 0 Å². The zero-order valence-corrected chi connectivity index (χ0v) is 10.4. The van der Waals surface area contributed by atoms with E-state index in [0.717, 1.165) is 5.69 Å². The molecule has 0 aliphatic heterocycles. The Morgan fingerprint density at radius 1 is 1.41 bits per heavy atom. The first-order chi connectivity index (χ1) is 7.80. The maximum atomic E-state index is 11.2. The summed E-state index contributed by atoms with van der Waals surface area (Å²) in [5.74, 6) is -0.988. The number of fused-ring (bicyclic) bond motifs is 1. The van der Waals surface area contributed by atoms with Crippen LogP contribution < -0.4 is 0 Å². The molecule has 0 aromatic carbocycles. The van der Waals surface area contributed by atoms with Crippen LogP contribution in [0.3, 0.4) is 0 Å². The zero-order valence-electron chi connectivity index (χ0n) is 10.4. The van der Waals surface area contributed by atoms with Gasteiger partial charge in [-0.05, 0) is 6.92 Å². The molecule has 0 saturated carbocycles. The predicted molar refractivity (Wildman–Crippen MR) is 63.4 cm³/mol. The lowest BCUT2D eigenvalue weighted by molar-refractivity contribution is 0.0686. The van der Waals surface area contributed by atoms with Gasteiger partial charge in [-0.1, -0.05) is 20.8 Å². The van der Waals surface area contributed by atoms with Crippen molar-refractivity contribution in [3.8, 4) is 0 Å². The quantitative estimate of drug-likeness (QED) is 0.818. The van der Waals surface area contributed by atoms with E-state index in [1.807, 2.05) is 26.8 Å². The fraction of sp³-hybridized carbons (Fsp3) is 0.417. The van der Waals surface area contributed by atoms with E-state index in [2.05, 4.69) is 10.1 Å². The molecule has 0 fully saturated rings. The smallest absolute Gasteiger partial charge is 0.354 e. The third kappa shape index (κ3) is 1.88. The van der Waals surface area contributed by atoms with E-state index >= 15 is 0 Å². The standard InChI is InChI=1S/C12H15N3O2/c1-7-6-13-9-5-8(12(2,3)4)14-15(9)10(7)11(16)17/h5-6H,1-4H3,(H,16,17). The molecule has 2 rings (SSSR count). The second-order valence-electron chi connectivity index (χ2n) is 5.14. The van der Waals surface area contributed by atoms with Gasteiger partial charge in [-0.3, -0.25) is 0 Å². The van der Waals surface area contributed by atoms with Crippen LogP contribution in [0.2, 0.25) is 0 Å². The molecule has 2 aromatic rings. The minimum Gasteiger partial charge on any atom is -0.476 e. The molecule has 0 aliphatic rings. The minimum atomic E-state index is -0.988. The first kappa shape index (κ1) is 11.6. The summed E-state index contributed by atoms with van der Waals surface area (Å²) >= 11 is 0. The number of rotatable bonds is 1. The molecule has 90 valence electrons. The summed E-state index contributed by atoms with van der Waals surface area (Å²) in [6.45, 7) is 7.81. The minimum absolute atomic E-state index is 0.128. The van der Waals surface area contributed by atoms with Crippen molar-refractivity contribution >= 4 is 11.6 Å². The molecule has 0 atom stereocenters. The lowest BCUT2D eigenvalue weighted by atomic mass is 9.93. The van der Waals surface area contributed by atoms with Crippen LogP contribution in [0, 0.1) is 6.92 Å². The highest BCUT2D eigenvalue weighted by Crippen LogP contribution is 2.22. The molecular weight excluding hydrogens is 218 g/mol. The summed E-state index contributed by atoms with van der Waals surface area (Å²) in [5.41, 5.74) is 2.05. The fourth-order valence-corrected chi connectivity index (χ4v) is 1.64. The van der Waals surface area contributed by atoms with Crippen LogP contribution in [-0.2, 0) is 5.41 Å². The van der Waals surface area contributed by atoms with Crippen LogP contribution in [0.5, 0.6) is 0 Å². The second-order valence-corrected chi connectivity index (χ2v) is 5.14. The zero-order chi connectivity index (χ0) is 12.8. The summed E-state index contributed by atoms with van der Waals surface area (Å²) < 4.78 is 1.40. The fourth-order valence-electron chi connectivity index (χ4n) is 1.64. The molecule has 5 nitrogen and oxygen atoms in total. The molecule has 17 heavy (non-hydrogen) atoms. The summed E-state index contributed by atoms with van der Waals surface area (Å²) in [6.07, 6.45) is 1.56. The Bertz CT molecular complexity index is 594. The van der Waals surface area contributed by atoms with Gasteiger partial charge in [0.1, 0.15) is 0 Å². The average Bonchev–Trinajstić information content (AvgIpc) is 2.59. The molecule has 0 radical (unpaired) electrons. The van der Waals surface area contributed by atoms with Crippen LogP contribution in [0.4, 0.5) is 0 Å². The Balaban J connectivity index is 2.78. The third-order valence-electron chi connectivity index (χ3n) is 2.64. The largest absolute Gasteiger partial charge is 0.476 e. The van der Waals surface area contributed by atoms with Crippen molar-refractivity contribution in [1.82, 2.24) is 14.6 Å². The maximum absolute atomic E-state index is 11.2. The van der Waals surface area contributed by atoms with Crippen molar-refractivity contribution in [2.24, 2.45) is 0 Å². The predicted octanol–water partition coefficient (Wildman–Crippen LogP) is 2.03. The molecule has 2 aromatic heterocycles. The molecule has 0 bridgehead atoms. The van der Waals surface area contributed by atoms with Crippen molar-refractivity contribution in [2.75, 3.05) is 0 Å². The van der Waals surface area contributed by atoms with Gasteiger partial charge < -0.3 is 5.11 Å². The summed E-state index contributed by atoms with van der Waals surface area (Å²) in [6, 6.07) is 1.83. The van der Waals surface area contributed by atoms with Gasteiger partial charge >= 0.3 is 5.97 Å². The highest BCUT2D eigenvalue weighted by molar-refractivity contribution is 5.87. The molecule has 1 N–H and O–H groups in total. The second kappa shape index (κ2) is 3.55. The van der Waals surface area contributed by atoms with Crippen LogP contribution in [-0.4, -0.2) is 25.7 Å². The molecule has 0 amide bonds. The average molecular weight is 233 g/mol. The summed E-state index contributed by atoms with van der Waals surface area (Å²) in [5, 5.41) is 13.5. The van der Waals surface area contributed by atoms with Crippen LogP contribution in [0.1, 0.15) is 42.5 Å². The van der Waals surface area contributed by atoms with Gasteiger partial charge in [-0.2, -0.15) is 5.10 Å². The van der Waals surface area contributed by atoms with Crippen LogP contribution >= 0.6 is 0 Å². The highest BCUT2D eigenvalue weighted by Gasteiger charge is 2.21. The lowest BCUT2D eigenvalue weighted by Gasteiger charge is -2.13. The van der Waals surface area contributed by atoms with Gasteiger partial charge in [0.05, 0.1) is 5.69 Å². The van der Waals surface area contributed by atoms with Gasteiger partial charge in [0, 0.05) is 23.2 Å². The molecule has 2 heterocycles. The molecule has 0 saturated heterocycles. The Kier molecular flexibility index (Phi) is 2.41. The highest BCUT2D eigenvalue weighted by atomic mass is 16.4. The number of hydrogen-bond acceptors (Lipinski definition) is 3. The number of aryl methyl sites for hydroxylation is 1. The van der Waals surface area contributed by atoms with Gasteiger partial charge in [-0.25, -0.2) is 14.3 Å². The van der Waals surface area contributed by atoms with Crippen molar-refractivity contribution in [2.45, 2.75) is 33.1 Å². The number of carbonyl (C=O) groups is 1. The van der Waals surface area contributed by atoms with E-state index in [1.54, 1.807) is 13.1 Å². The van der Waals surface area contributed by atoms with Crippen LogP contribution in [0.15, 0.2) is 12.3 Å². The van der Waals surface area contributed by atoms with E-state index in [0.29, 0.717) is 11.2 Å². The number of aromatic carboxylic acids is 1. The Labute approximate surface area is 99.1 Å². The van der Waals surface area contributed by atoms with Crippen molar-refractivity contribution in [3.05, 3.63) is 29.2 Å². The number of carboxylic acids is 1. The topological polar surface area (TPSA) is 67.5 Å². The molecular formula is C12H15N3O2. The first-order valence-electron chi connectivity index (χ1n) is 5.40. The van der Waals surface area contributed by atoms with Crippen molar-refractivity contribution in [3.63, 3.8) is 0 Å². The van der Waals surface area contributed by atoms with E-state index in [-0.39, 0.29) is 11.1 Å². The Morgan fingerprint density at radius 2 is 2.06 bits per heavy atom. The van der Waals surface area contributed by atoms with E-state index in [1.165, 1.54) is 4.52 Å². The van der Waals surface area contributed by atoms with Crippen LogP contribution in [0.25, 0.3) is 5.65 Å². The molecule has 5 heteroatoms. The Hall–Kier alpha value is -1.91. The van der Waals surface area contributed by atoms with Crippen molar-refractivity contribution < 1.29 is 9.90 Å². The number of carboxylic acid groups (broad SMARTS) is 1. The normalized spacial score (nSPS) is 12.0. The molecule has 0 unspecified atom stereocenters. The van der Waals surface area contributed by atoms with Gasteiger partial charge in [0.2, 0.25) is 0 Å². The van der Waals surface area contributed by atoms with Crippen molar-refractivity contribution in [1.29, 1.82) is 0 Å². The number of aromatic nitrogens is 3. The van der Waals surface area contributed by atoms with E-state index in [9.17, 15) is 9.90 Å². The van der Waals surface area contributed by atoms with E-state index < -0.39 is 5.97 Å². The molecule has 0 aliphatic carbocycles. The SMILES string of the molecule is Cc1cnc2cc(C(C)(C)C)nn2c1C(=O)O. The van der Waals surface area contributed by atoms with E-state index in [4.69, 9.17) is 0 Å². The number of hydrogen-bond donors (Lipinski definition) is 1. The molecule has 0 spiro atoms. The monoisotopic (exact) mass is 233 g/mol. The summed E-state index contributed by atoms with van der Waals surface area (Å²) in [7, 11) is 0. The lowest BCUT2D eigenvalue weighted by Crippen LogP contribution is -2.14. The number of nitrogens with zero attached hydrogens (tertiary/aromatic N) is 3. The first-order valence-corrected chi connectivity index (χ1v) is 5.40. The Morgan fingerprint density at radius 3 is 2.59 bits per heavy atom. The van der Waals surface area contributed by atoms with Gasteiger partial charge in [0.15, 0.2) is 11.3 Å². The van der Waals surface area contributed by atoms with Gasteiger partial charge in [-0.15, -0.1) is 0 Å². The third-order valence-corrected chi connectivity index (χ3v) is 2.64.